The summed E-state index contributed by atoms with van der Waals surface area (Å²) < 4.78 is 11.4. The summed E-state index contributed by atoms with van der Waals surface area (Å²) in [4.78, 5) is 11.7. The van der Waals surface area contributed by atoms with Gasteiger partial charge in [0.2, 0.25) is 0 Å². The van der Waals surface area contributed by atoms with Crippen molar-refractivity contribution in [2.45, 2.75) is 6.42 Å². The maximum atomic E-state index is 11.7. The van der Waals surface area contributed by atoms with Gasteiger partial charge in [-0.15, -0.1) is 0 Å². The third-order valence-electron chi connectivity index (χ3n) is 3.12. The first-order valence-electron chi connectivity index (χ1n) is 7.11. The number of carbonyl (C=O) groups excluding carboxylic acids is 1. The number of halogens is 2. The van der Waals surface area contributed by atoms with E-state index in [2.05, 4.69) is 21.2 Å². The Balaban J connectivity index is 1.84. The van der Waals surface area contributed by atoms with Crippen LogP contribution in [0.25, 0.3) is 0 Å². The molecule has 0 aliphatic rings. The van der Waals surface area contributed by atoms with Gasteiger partial charge in [-0.1, -0.05) is 33.6 Å². The van der Waals surface area contributed by atoms with Crippen LogP contribution in [0.3, 0.4) is 0 Å². The number of hydrogen-bond acceptors (Lipinski definition) is 4. The lowest BCUT2D eigenvalue weighted by molar-refractivity contribution is 0.0602. The fraction of sp³-hybridized carbons (Fsp3) is 0.235. The van der Waals surface area contributed by atoms with Crippen LogP contribution in [-0.4, -0.2) is 26.2 Å². The normalized spacial score (nSPS) is 10.2. The van der Waals surface area contributed by atoms with Gasteiger partial charge in [-0.25, -0.2) is 4.79 Å². The fourth-order valence-electron chi connectivity index (χ4n) is 1.99. The Hall–Kier alpha value is -1.72. The predicted molar refractivity (Wildman–Crippen MR) is 95.5 cm³/mol. The van der Waals surface area contributed by atoms with E-state index in [4.69, 9.17) is 21.1 Å². The second-order valence-electron chi connectivity index (χ2n) is 4.74. The van der Waals surface area contributed by atoms with Gasteiger partial charge in [0.05, 0.1) is 30.0 Å². The van der Waals surface area contributed by atoms with Gasteiger partial charge in [0.15, 0.2) is 0 Å². The summed E-state index contributed by atoms with van der Waals surface area (Å²) in [5, 5.41) is 3.66. The van der Waals surface area contributed by atoms with Crippen LogP contribution in [0.5, 0.6) is 5.75 Å². The van der Waals surface area contributed by atoms with Crippen molar-refractivity contribution in [1.82, 2.24) is 0 Å². The van der Waals surface area contributed by atoms with Crippen molar-refractivity contribution in [2.75, 3.05) is 25.6 Å². The van der Waals surface area contributed by atoms with E-state index in [0.29, 0.717) is 29.4 Å². The van der Waals surface area contributed by atoms with Crippen molar-refractivity contribution < 1.29 is 14.3 Å². The smallest absolute Gasteiger partial charge is 0.340 e. The first-order chi connectivity index (χ1) is 11.1. The van der Waals surface area contributed by atoms with E-state index in [9.17, 15) is 4.79 Å². The Morgan fingerprint density at radius 3 is 2.65 bits per heavy atom. The van der Waals surface area contributed by atoms with E-state index in [1.165, 1.54) is 7.11 Å². The van der Waals surface area contributed by atoms with E-state index < -0.39 is 5.97 Å². The Morgan fingerprint density at radius 1 is 1.22 bits per heavy atom. The van der Waals surface area contributed by atoms with Crippen LogP contribution in [0.1, 0.15) is 16.8 Å². The largest absolute Gasteiger partial charge is 0.494 e. The molecule has 2 aromatic rings. The summed E-state index contributed by atoms with van der Waals surface area (Å²) in [6.45, 7) is 1.19. The molecule has 23 heavy (non-hydrogen) atoms. The molecule has 1 N–H and O–H groups in total. The van der Waals surface area contributed by atoms with Crippen LogP contribution < -0.4 is 10.1 Å². The van der Waals surface area contributed by atoms with E-state index >= 15 is 0 Å². The van der Waals surface area contributed by atoms with Crippen molar-refractivity contribution in [3.63, 3.8) is 0 Å². The first-order valence-corrected chi connectivity index (χ1v) is 8.28. The molecule has 0 aliphatic carbocycles. The standard InChI is InChI=1S/C17H17BrClNO3/c1-22-17(21)14-4-2-5-15(19)16(14)20-10-3-11-23-13-8-6-12(18)7-9-13/h2,4-9,20H,3,10-11H2,1H3. The number of para-hydroxylation sites is 1. The van der Waals surface area contributed by atoms with Crippen LogP contribution in [0.4, 0.5) is 5.69 Å². The van der Waals surface area contributed by atoms with Crippen LogP contribution in [0.15, 0.2) is 46.9 Å². The lowest BCUT2D eigenvalue weighted by Crippen LogP contribution is -2.12. The van der Waals surface area contributed by atoms with E-state index in [0.717, 1.165) is 16.6 Å². The average molecular weight is 399 g/mol. The summed E-state index contributed by atoms with van der Waals surface area (Å²) in [5.74, 6) is 0.405. The Kier molecular flexibility index (Phi) is 6.74. The summed E-state index contributed by atoms with van der Waals surface area (Å²) in [7, 11) is 1.35. The molecule has 0 unspecified atom stereocenters. The van der Waals surface area contributed by atoms with Crippen molar-refractivity contribution in [1.29, 1.82) is 0 Å². The molecule has 0 fully saturated rings. The monoisotopic (exact) mass is 397 g/mol. The Labute approximate surface area is 148 Å². The molecule has 122 valence electrons. The number of hydrogen-bond donors (Lipinski definition) is 1. The van der Waals surface area contributed by atoms with Crippen LogP contribution in [-0.2, 0) is 4.74 Å². The number of anilines is 1. The van der Waals surface area contributed by atoms with Crippen molar-refractivity contribution in [3.05, 3.63) is 57.5 Å². The summed E-state index contributed by atoms with van der Waals surface area (Å²) >= 11 is 9.53. The van der Waals surface area contributed by atoms with Gasteiger partial charge in [-0.3, -0.25) is 0 Å². The highest BCUT2D eigenvalue weighted by atomic mass is 79.9. The molecule has 0 bridgehead atoms. The summed E-state index contributed by atoms with van der Waals surface area (Å²) in [5.41, 5.74) is 1.01. The Morgan fingerprint density at radius 2 is 1.96 bits per heavy atom. The zero-order valence-corrected chi connectivity index (χ0v) is 15.0. The molecule has 0 aromatic heterocycles. The van der Waals surface area contributed by atoms with Crippen LogP contribution in [0.2, 0.25) is 5.02 Å². The van der Waals surface area contributed by atoms with Gasteiger partial charge in [-0.2, -0.15) is 0 Å². The fourth-order valence-corrected chi connectivity index (χ4v) is 2.50. The SMILES string of the molecule is COC(=O)c1cccc(Cl)c1NCCCOc1ccc(Br)cc1. The van der Waals surface area contributed by atoms with Gasteiger partial charge < -0.3 is 14.8 Å². The molecule has 0 aliphatic heterocycles. The minimum Gasteiger partial charge on any atom is -0.494 e. The molecule has 0 spiro atoms. The lowest BCUT2D eigenvalue weighted by atomic mass is 10.1. The van der Waals surface area contributed by atoms with Gasteiger partial charge in [0.1, 0.15) is 5.75 Å². The Bertz CT molecular complexity index is 661. The molecule has 0 atom stereocenters. The maximum Gasteiger partial charge on any atom is 0.340 e. The molecule has 0 saturated heterocycles. The second-order valence-corrected chi connectivity index (χ2v) is 6.06. The van der Waals surface area contributed by atoms with Gasteiger partial charge in [0, 0.05) is 11.0 Å². The molecule has 0 saturated carbocycles. The number of benzene rings is 2. The number of ether oxygens (including phenoxy) is 2. The second kappa shape index (κ2) is 8.79. The third-order valence-corrected chi connectivity index (χ3v) is 3.97. The molecule has 0 radical (unpaired) electrons. The predicted octanol–water partition coefficient (Wildman–Crippen LogP) is 4.77. The molecule has 2 rings (SSSR count). The topological polar surface area (TPSA) is 47.6 Å². The molecular formula is C17H17BrClNO3. The molecule has 0 amide bonds. The zero-order chi connectivity index (χ0) is 16.7. The van der Waals surface area contributed by atoms with Gasteiger partial charge >= 0.3 is 5.97 Å². The van der Waals surface area contributed by atoms with Crippen LogP contribution in [0, 0.1) is 0 Å². The van der Waals surface area contributed by atoms with Crippen LogP contribution >= 0.6 is 27.5 Å². The number of nitrogens with one attached hydrogen (secondary N) is 1. The number of esters is 1. The highest BCUT2D eigenvalue weighted by molar-refractivity contribution is 9.10. The third kappa shape index (κ3) is 5.15. The highest BCUT2D eigenvalue weighted by Crippen LogP contribution is 2.26. The quantitative estimate of drug-likeness (QED) is 0.539. The van der Waals surface area contributed by atoms with E-state index in [1.54, 1.807) is 18.2 Å². The minimum atomic E-state index is -0.416. The van der Waals surface area contributed by atoms with Gasteiger partial charge in [-0.05, 0) is 42.8 Å². The van der Waals surface area contributed by atoms with E-state index in [1.807, 2.05) is 24.3 Å². The summed E-state index contributed by atoms with van der Waals surface area (Å²) in [6, 6.07) is 12.8. The molecule has 6 heteroatoms. The van der Waals surface area contributed by atoms with Gasteiger partial charge in [0.25, 0.3) is 0 Å². The maximum absolute atomic E-state index is 11.7. The lowest BCUT2D eigenvalue weighted by Gasteiger charge is -2.13. The summed E-state index contributed by atoms with van der Waals surface area (Å²) in [6.07, 6.45) is 0.766. The van der Waals surface area contributed by atoms with E-state index in [-0.39, 0.29) is 0 Å². The highest BCUT2D eigenvalue weighted by Gasteiger charge is 2.13. The van der Waals surface area contributed by atoms with Crippen molar-refractivity contribution in [2.24, 2.45) is 0 Å². The minimum absolute atomic E-state index is 0.416. The number of methoxy groups -OCH3 is 1. The zero-order valence-electron chi connectivity index (χ0n) is 12.6. The number of rotatable bonds is 7. The molecule has 4 nitrogen and oxygen atoms in total. The number of carbonyl (C=O) groups is 1. The molecular weight excluding hydrogens is 382 g/mol. The average Bonchev–Trinajstić information content (AvgIpc) is 2.56. The first kappa shape index (κ1) is 17.6. The van der Waals surface area contributed by atoms with Crippen molar-refractivity contribution in [3.8, 4) is 5.75 Å². The molecule has 0 heterocycles. The van der Waals surface area contributed by atoms with Crippen molar-refractivity contribution >= 4 is 39.2 Å². The molecule has 2 aromatic carbocycles.